The van der Waals surface area contributed by atoms with Crippen LogP contribution in [0.3, 0.4) is 0 Å². The summed E-state index contributed by atoms with van der Waals surface area (Å²) in [4.78, 5) is 11.5. The third-order valence-corrected chi connectivity index (χ3v) is 3.97. The third kappa shape index (κ3) is 7.31. The van der Waals surface area contributed by atoms with Crippen molar-refractivity contribution in [1.82, 2.24) is 0 Å². The number of ether oxygens (including phenoxy) is 1. The van der Waals surface area contributed by atoms with Gasteiger partial charge in [-0.25, -0.2) is 4.79 Å². The fourth-order valence-electron chi connectivity index (χ4n) is 2.75. The molecule has 0 aromatic carbocycles. The molecule has 2 nitrogen and oxygen atoms in total. The number of rotatable bonds is 8. The average Bonchev–Trinajstić information content (AvgIpc) is 2.84. The van der Waals surface area contributed by atoms with Crippen LogP contribution in [-0.4, -0.2) is 12.6 Å². The summed E-state index contributed by atoms with van der Waals surface area (Å²) in [5.74, 6) is 0.550. The van der Waals surface area contributed by atoms with Crippen LogP contribution in [0, 0.1) is 5.92 Å². The van der Waals surface area contributed by atoms with Gasteiger partial charge in [-0.05, 0) is 64.4 Å². The number of carbonyl (C=O) groups excluding carboxylic acids is 1. The summed E-state index contributed by atoms with van der Waals surface area (Å²) in [6.07, 6.45) is 13.1. The Hall–Kier alpha value is -1.31. The summed E-state index contributed by atoms with van der Waals surface area (Å²) in [5, 5.41) is 0. The summed E-state index contributed by atoms with van der Waals surface area (Å²) >= 11 is 0. The molecule has 1 aliphatic rings. The van der Waals surface area contributed by atoms with Crippen LogP contribution in [0.15, 0.2) is 34.9 Å². The van der Waals surface area contributed by atoms with E-state index in [1.807, 2.05) is 6.92 Å². The summed E-state index contributed by atoms with van der Waals surface area (Å²) in [6.45, 7) is 8.88. The smallest absolute Gasteiger partial charge is 0.331 e. The number of allylic oxidation sites excluding steroid dienone is 5. The SMILES string of the molecule is CCOC(=O)C=C1C=C(CC(CC)CCC=C(C)C)CC1. The maximum atomic E-state index is 11.5. The first-order chi connectivity index (χ1) is 10.0. The maximum Gasteiger partial charge on any atom is 0.331 e. The van der Waals surface area contributed by atoms with Crippen molar-refractivity contribution in [2.75, 3.05) is 6.61 Å². The van der Waals surface area contributed by atoms with Gasteiger partial charge in [-0.1, -0.05) is 36.6 Å². The van der Waals surface area contributed by atoms with Gasteiger partial charge in [0.15, 0.2) is 0 Å². The second-order valence-corrected chi connectivity index (χ2v) is 6.11. The van der Waals surface area contributed by atoms with Gasteiger partial charge < -0.3 is 4.74 Å². The molecule has 2 heteroatoms. The highest BCUT2D eigenvalue weighted by Crippen LogP contribution is 2.31. The van der Waals surface area contributed by atoms with E-state index < -0.39 is 0 Å². The lowest BCUT2D eigenvalue weighted by molar-refractivity contribution is -0.137. The van der Waals surface area contributed by atoms with Gasteiger partial charge in [0.1, 0.15) is 0 Å². The Morgan fingerprint density at radius 2 is 2.10 bits per heavy atom. The molecule has 0 fully saturated rings. The lowest BCUT2D eigenvalue weighted by atomic mass is 9.92. The lowest BCUT2D eigenvalue weighted by Crippen LogP contribution is -2.00. The standard InChI is InChI=1S/C19H30O2/c1-5-16(9-7-8-15(3)4)12-17-10-11-18(13-17)14-19(20)21-6-2/h8,13-14,16H,5-7,9-12H2,1-4H3. The molecule has 1 atom stereocenters. The molecule has 0 saturated carbocycles. The second kappa shape index (κ2) is 9.59. The molecule has 0 aromatic rings. The second-order valence-electron chi connectivity index (χ2n) is 6.11. The normalized spacial score (nSPS) is 17.5. The molecule has 0 N–H and O–H groups in total. The summed E-state index contributed by atoms with van der Waals surface area (Å²) in [7, 11) is 0. The van der Waals surface area contributed by atoms with E-state index in [0.29, 0.717) is 6.61 Å². The van der Waals surface area contributed by atoms with Crippen molar-refractivity contribution in [1.29, 1.82) is 0 Å². The van der Waals surface area contributed by atoms with Crippen molar-refractivity contribution >= 4 is 5.97 Å². The molecule has 0 aromatic heterocycles. The highest BCUT2D eigenvalue weighted by Gasteiger charge is 2.15. The van der Waals surface area contributed by atoms with Crippen LogP contribution >= 0.6 is 0 Å². The number of hydrogen-bond donors (Lipinski definition) is 0. The zero-order valence-electron chi connectivity index (χ0n) is 14.1. The molecule has 0 amide bonds. The number of carbonyl (C=O) groups is 1. The molecule has 1 rings (SSSR count). The van der Waals surface area contributed by atoms with Gasteiger partial charge in [-0.15, -0.1) is 0 Å². The molecule has 0 aliphatic heterocycles. The van der Waals surface area contributed by atoms with Gasteiger partial charge in [-0.2, -0.15) is 0 Å². The van der Waals surface area contributed by atoms with Gasteiger partial charge >= 0.3 is 5.97 Å². The third-order valence-electron chi connectivity index (χ3n) is 3.97. The number of esters is 1. The van der Waals surface area contributed by atoms with Crippen molar-refractivity contribution in [3.05, 3.63) is 34.9 Å². The van der Waals surface area contributed by atoms with Crippen molar-refractivity contribution in [2.45, 2.75) is 66.2 Å². The zero-order valence-corrected chi connectivity index (χ0v) is 14.1. The van der Waals surface area contributed by atoms with E-state index in [9.17, 15) is 4.79 Å². The first-order valence-electron chi connectivity index (χ1n) is 8.25. The van der Waals surface area contributed by atoms with Gasteiger partial charge in [0.05, 0.1) is 6.61 Å². The van der Waals surface area contributed by atoms with Gasteiger partial charge in [0.25, 0.3) is 0 Å². The van der Waals surface area contributed by atoms with E-state index in [-0.39, 0.29) is 5.97 Å². The summed E-state index contributed by atoms with van der Waals surface area (Å²) < 4.78 is 4.97. The molecule has 21 heavy (non-hydrogen) atoms. The van der Waals surface area contributed by atoms with E-state index in [1.165, 1.54) is 36.8 Å². The maximum absolute atomic E-state index is 11.5. The molecule has 0 spiro atoms. The Morgan fingerprint density at radius 1 is 1.33 bits per heavy atom. The first-order valence-corrected chi connectivity index (χ1v) is 8.25. The quantitative estimate of drug-likeness (QED) is 0.342. The Balaban J connectivity index is 2.49. The van der Waals surface area contributed by atoms with E-state index in [0.717, 1.165) is 24.3 Å². The first kappa shape index (κ1) is 17.7. The zero-order chi connectivity index (χ0) is 15.7. The van der Waals surface area contributed by atoms with Crippen molar-refractivity contribution in [3.8, 4) is 0 Å². The lowest BCUT2D eigenvalue weighted by Gasteiger charge is -2.14. The molecule has 0 radical (unpaired) electrons. The Bertz CT molecular complexity index is 423. The highest BCUT2D eigenvalue weighted by molar-refractivity contribution is 5.83. The monoisotopic (exact) mass is 290 g/mol. The molecular weight excluding hydrogens is 260 g/mol. The molecule has 1 unspecified atom stereocenters. The minimum Gasteiger partial charge on any atom is -0.463 e. The molecular formula is C19H30O2. The van der Waals surface area contributed by atoms with Crippen LogP contribution in [-0.2, 0) is 9.53 Å². The van der Waals surface area contributed by atoms with Crippen molar-refractivity contribution < 1.29 is 9.53 Å². The van der Waals surface area contributed by atoms with E-state index in [2.05, 4.69) is 32.9 Å². The fourth-order valence-corrected chi connectivity index (χ4v) is 2.75. The van der Waals surface area contributed by atoms with Crippen LogP contribution in [0.4, 0.5) is 0 Å². The average molecular weight is 290 g/mol. The molecule has 1 aliphatic carbocycles. The van der Waals surface area contributed by atoms with E-state index >= 15 is 0 Å². The summed E-state index contributed by atoms with van der Waals surface area (Å²) in [6, 6.07) is 0. The molecule has 0 heterocycles. The van der Waals surface area contributed by atoms with Crippen LogP contribution in [0.25, 0.3) is 0 Å². The molecule has 0 bridgehead atoms. The Kier molecular flexibility index (Phi) is 8.11. The minimum absolute atomic E-state index is 0.208. The summed E-state index contributed by atoms with van der Waals surface area (Å²) in [5.41, 5.74) is 4.03. The van der Waals surface area contributed by atoms with Gasteiger partial charge in [0, 0.05) is 6.08 Å². The van der Waals surface area contributed by atoms with E-state index in [4.69, 9.17) is 4.74 Å². The minimum atomic E-state index is -0.208. The number of hydrogen-bond acceptors (Lipinski definition) is 2. The topological polar surface area (TPSA) is 26.3 Å². The van der Waals surface area contributed by atoms with Gasteiger partial charge in [-0.3, -0.25) is 0 Å². The van der Waals surface area contributed by atoms with Crippen molar-refractivity contribution in [3.63, 3.8) is 0 Å². The van der Waals surface area contributed by atoms with Crippen LogP contribution in [0.5, 0.6) is 0 Å². The fraction of sp³-hybridized carbons (Fsp3) is 0.632. The van der Waals surface area contributed by atoms with Crippen LogP contribution in [0.2, 0.25) is 0 Å². The van der Waals surface area contributed by atoms with Gasteiger partial charge in [0.2, 0.25) is 0 Å². The molecule has 0 saturated heterocycles. The van der Waals surface area contributed by atoms with E-state index in [1.54, 1.807) is 6.08 Å². The Labute approximate surface area is 130 Å². The highest BCUT2D eigenvalue weighted by atomic mass is 16.5. The Morgan fingerprint density at radius 3 is 2.71 bits per heavy atom. The van der Waals surface area contributed by atoms with Crippen LogP contribution in [0.1, 0.15) is 66.2 Å². The van der Waals surface area contributed by atoms with Crippen LogP contribution < -0.4 is 0 Å². The molecule has 118 valence electrons. The predicted octanol–water partition coefficient (Wildman–Crippen LogP) is 5.36. The predicted molar refractivity (Wildman–Crippen MR) is 89.1 cm³/mol. The largest absolute Gasteiger partial charge is 0.463 e. The van der Waals surface area contributed by atoms with Crippen molar-refractivity contribution in [2.24, 2.45) is 5.92 Å².